The van der Waals surface area contributed by atoms with Crippen LogP contribution in [0.1, 0.15) is 33.5 Å². The number of hydrogen-bond donors (Lipinski definition) is 0. The molecule has 0 saturated carbocycles. The fourth-order valence-electron chi connectivity index (χ4n) is 4.70. The maximum Gasteiger partial charge on any atom is 0.273 e. The minimum absolute atomic E-state index is 0.000575. The van der Waals surface area contributed by atoms with Gasteiger partial charge in [-0.05, 0) is 58.9 Å². The molecule has 4 heteroatoms. The summed E-state index contributed by atoms with van der Waals surface area (Å²) in [6, 6.07) is 17.6. The Labute approximate surface area is 174 Å². The summed E-state index contributed by atoms with van der Waals surface area (Å²) in [5.74, 6) is -0.311. The molecule has 3 aromatic rings. The second-order valence-electron chi connectivity index (χ2n) is 8.10. The van der Waals surface area contributed by atoms with Crippen LogP contribution in [-0.2, 0) is 12.8 Å². The minimum atomic E-state index is -0.422. The van der Waals surface area contributed by atoms with E-state index in [0.717, 1.165) is 24.5 Å². The molecule has 0 bridgehead atoms. The molecule has 0 radical (unpaired) electrons. The van der Waals surface area contributed by atoms with Crippen LogP contribution in [0.5, 0.6) is 0 Å². The number of carbonyl (C=O) groups excluding carboxylic acids is 1. The van der Waals surface area contributed by atoms with Crippen molar-refractivity contribution < 1.29 is 9.72 Å². The smallest absolute Gasteiger partial charge is 0.273 e. The molecule has 30 heavy (non-hydrogen) atoms. The number of ketones is 1. The zero-order valence-electron chi connectivity index (χ0n) is 16.7. The van der Waals surface area contributed by atoms with Crippen LogP contribution >= 0.6 is 0 Å². The van der Waals surface area contributed by atoms with Gasteiger partial charge in [0.25, 0.3) is 5.69 Å². The molecule has 4 nitrogen and oxygen atoms in total. The van der Waals surface area contributed by atoms with Gasteiger partial charge in [0.05, 0.1) is 4.92 Å². The molecule has 0 aromatic heterocycles. The number of rotatable bonds is 3. The Morgan fingerprint density at radius 3 is 2.67 bits per heavy atom. The van der Waals surface area contributed by atoms with Gasteiger partial charge in [-0.3, -0.25) is 14.9 Å². The lowest BCUT2D eigenvalue weighted by Gasteiger charge is -2.21. The number of carbonyl (C=O) groups is 1. The first kappa shape index (κ1) is 18.5. The fraction of sp³-hybridized carbons (Fsp3) is 0.192. The predicted octanol–water partition coefficient (Wildman–Crippen LogP) is 4.13. The maximum atomic E-state index is 13.2. The van der Waals surface area contributed by atoms with Crippen LogP contribution in [0.25, 0.3) is 23.3 Å². The van der Waals surface area contributed by atoms with Gasteiger partial charge in [-0.25, -0.2) is 0 Å². The summed E-state index contributed by atoms with van der Waals surface area (Å²) >= 11 is 0. The number of nitro benzene ring substituents is 1. The summed E-state index contributed by atoms with van der Waals surface area (Å²) in [5.41, 5.74) is 6.04. The van der Waals surface area contributed by atoms with E-state index in [2.05, 4.69) is 48.6 Å². The van der Waals surface area contributed by atoms with Crippen molar-refractivity contribution in [3.63, 3.8) is 0 Å². The summed E-state index contributed by atoms with van der Waals surface area (Å²) < 4.78 is 0. The van der Waals surface area contributed by atoms with Crippen LogP contribution in [0.15, 0.2) is 54.6 Å². The van der Waals surface area contributed by atoms with Crippen molar-refractivity contribution in [3.05, 3.63) is 97.4 Å². The van der Waals surface area contributed by atoms with Crippen molar-refractivity contribution in [2.45, 2.75) is 26.2 Å². The summed E-state index contributed by atoms with van der Waals surface area (Å²) in [7, 11) is 0. The van der Waals surface area contributed by atoms with Crippen LogP contribution in [0.3, 0.4) is 0 Å². The first-order valence-corrected chi connectivity index (χ1v) is 10.2. The molecule has 3 aromatic carbocycles. The van der Waals surface area contributed by atoms with Crippen molar-refractivity contribution in [3.8, 4) is 11.1 Å². The lowest BCUT2D eigenvalue weighted by atomic mass is 9.82. The third-order valence-electron chi connectivity index (χ3n) is 6.33. The Kier molecular flexibility index (Phi) is 4.35. The van der Waals surface area contributed by atoms with Crippen molar-refractivity contribution in [2.24, 2.45) is 5.92 Å². The standard InChI is InChI=1S/C26H21NO3/c1-16-6-7-20(15-25(16)27(29)30)26(28)19-9-8-18-11-12-22-21-5-3-2-4-17(21)10-13-23(22)24(18)14-19/h2-7,11-15,19H,8-10H2,1H3. The topological polar surface area (TPSA) is 60.2 Å². The fourth-order valence-corrected chi connectivity index (χ4v) is 4.70. The van der Waals surface area contributed by atoms with Crippen molar-refractivity contribution in [1.82, 2.24) is 0 Å². The zero-order valence-corrected chi connectivity index (χ0v) is 16.7. The quantitative estimate of drug-likeness (QED) is 0.381. The molecule has 0 heterocycles. The van der Waals surface area contributed by atoms with E-state index in [0.29, 0.717) is 11.1 Å². The Bertz CT molecular complexity index is 1340. The van der Waals surface area contributed by atoms with Gasteiger partial charge in [-0.1, -0.05) is 60.7 Å². The molecular formula is C26H21NO3. The predicted molar refractivity (Wildman–Crippen MR) is 118 cm³/mol. The van der Waals surface area contributed by atoms with E-state index in [9.17, 15) is 14.9 Å². The molecule has 5 rings (SSSR count). The minimum Gasteiger partial charge on any atom is -0.294 e. The van der Waals surface area contributed by atoms with Crippen molar-refractivity contribution in [2.75, 3.05) is 0 Å². The SMILES string of the molecule is Cc1ccc(C(=O)C2C=c3c(ccc4c3=CCc3ccccc3-4)CC2)cc1[N+](=O)[O-]. The Hall–Kier alpha value is -3.53. The maximum absolute atomic E-state index is 13.2. The number of fused-ring (bicyclic) bond motifs is 5. The largest absolute Gasteiger partial charge is 0.294 e. The van der Waals surface area contributed by atoms with Crippen LogP contribution in [0.2, 0.25) is 0 Å². The molecule has 0 N–H and O–H groups in total. The molecule has 0 fully saturated rings. The molecular weight excluding hydrogens is 374 g/mol. The molecule has 0 saturated heterocycles. The van der Waals surface area contributed by atoms with Crippen LogP contribution in [0, 0.1) is 23.0 Å². The average Bonchev–Trinajstić information content (AvgIpc) is 2.78. The Morgan fingerprint density at radius 1 is 1.00 bits per heavy atom. The van der Waals surface area contributed by atoms with Gasteiger partial charge in [0, 0.05) is 23.1 Å². The first-order valence-electron chi connectivity index (χ1n) is 10.2. The number of aryl methyl sites for hydroxylation is 2. The van der Waals surface area contributed by atoms with E-state index in [1.54, 1.807) is 19.1 Å². The molecule has 0 aliphatic heterocycles. The van der Waals surface area contributed by atoms with Gasteiger partial charge < -0.3 is 0 Å². The zero-order chi connectivity index (χ0) is 20.8. The van der Waals surface area contributed by atoms with Gasteiger partial charge in [0.2, 0.25) is 0 Å². The van der Waals surface area contributed by atoms with Gasteiger partial charge in [-0.2, -0.15) is 0 Å². The number of nitrogens with zero attached hydrogens (tertiary/aromatic N) is 1. The number of nitro groups is 1. The van der Waals surface area contributed by atoms with E-state index in [1.807, 2.05) is 0 Å². The highest BCUT2D eigenvalue weighted by atomic mass is 16.6. The summed E-state index contributed by atoms with van der Waals surface area (Å²) in [4.78, 5) is 24.1. The molecule has 1 unspecified atom stereocenters. The van der Waals surface area contributed by atoms with Gasteiger partial charge in [0.1, 0.15) is 0 Å². The van der Waals surface area contributed by atoms with Crippen LogP contribution in [-0.4, -0.2) is 10.7 Å². The normalized spacial score (nSPS) is 16.4. The number of benzene rings is 3. The first-order chi connectivity index (χ1) is 14.5. The third-order valence-corrected chi connectivity index (χ3v) is 6.33. The van der Waals surface area contributed by atoms with Gasteiger partial charge >= 0.3 is 0 Å². The highest BCUT2D eigenvalue weighted by Gasteiger charge is 2.24. The highest BCUT2D eigenvalue weighted by molar-refractivity contribution is 6.02. The molecule has 1 atom stereocenters. The molecule has 148 valence electrons. The Morgan fingerprint density at radius 2 is 1.83 bits per heavy atom. The van der Waals surface area contributed by atoms with Crippen molar-refractivity contribution in [1.29, 1.82) is 0 Å². The molecule has 2 aliphatic carbocycles. The second kappa shape index (κ2) is 7.06. The van der Waals surface area contributed by atoms with E-state index in [1.165, 1.54) is 33.5 Å². The summed E-state index contributed by atoms with van der Waals surface area (Å²) in [6.45, 7) is 1.69. The highest BCUT2D eigenvalue weighted by Crippen LogP contribution is 2.27. The Balaban J connectivity index is 1.60. The van der Waals surface area contributed by atoms with Crippen LogP contribution < -0.4 is 10.4 Å². The third kappa shape index (κ3) is 2.96. The number of hydrogen-bond acceptors (Lipinski definition) is 3. The monoisotopic (exact) mass is 395 g/mol. The van der Waals surface area contributed by atoms with Gasteiger partial charge in [-0.15, -0.1) is 0 Å². The summed E-state index contributed by atoms with van der Waals surface area (Å²) in [5, 5.41) is 13.6. The van der Waals surface area contributed by atoms with Crippen molar-refractivity contribution >= 4 is 23.6 Å². The van der Waals surface area contributed by atoms with Crippen LogP contribution in [0.4, 0.5) is 5.69 Å². The molecule has 0 amide bonds. The second-order valence-corrected chi connectivity index (χ2v) is 8.10. The lowest BCUT2D eigenvalue weighted by Crippen LogP contribution is -2.37. The average molecular weight is 395 g/mol. The van der Waals surface area contributed by atoms with E-state index >= 15 is 0 Å². The summed E-state index contributed by atoms with van der Waals surface area (Å²) in [6.07, 6.45) is 6.78. The molecule has 2 aliphatic rings. The van der Waals surface area contributed by atoms with E-state index in [4.69, 9.17) is 0 Å². The number of Topliss-reactive ketones (excluding diaryl/α,β-unsaturated/α-hetero) is 1. The van der Waals surface area contributed by atoms with E-state index in [-0.39, 0.29) is 17.4 Å². The molecule has 0 spiro atoms. The van der Waals surface area contributed by atoms with Gasteiger partial charge in [0.15, 0.2) is 5.78 Å². The van der Waals surface area contributed by atoms with E-state index < -0.39 is 4.92 Å². The lowest BCUT2D eigenvalue weighted by molar-refractivity contribution is -0.385.